The zero-order chi connectivity index (χ0) is 11.8. The number of thioether (sulfide) groups is 1. The van der Waals surface area contributed by atoms with Crippen molar-refractivity contribution < 1.29 is 4.79 Å². The van der Waals surface area contributed by atoms with Gasteiger partial charge in [0.15, 0.2) is 0 Å². The van der Waals surface area contributed by atoms with E-state index < -0.39 is 0 Å². The van der Waals surface area contributed by atoms with Gasteiger partial charge >= 0.3 is 0 Å². The van der Waals surface area contributed by atoms with Gasteiger partial charge in [0.2, 0.25) is 5.91 Å². The molecule has 1 saturated heterocycles. The summed E-state index contributed by atoms with van der Waals surface area (Å²) in [6, 6.07) is 0.251. The van der Waals surface area contributed by atoms with Crippen LogP contribution < -0.4 is 5.73 Å². The van der Waals surface area contributed by atoms with Gasteiger partial charge in [-0.3, -0.25) is 4.79 Å². The second-order valence-electron chi connectivity index (χ2n) is 5.64. The van der Waals surface area contributed by atoms with Crippen molar-refractivity contribution in [2.45, 2.75) is 43.9 Å². The fourth-order valence-corrected chi connectivity index (χ4v) is 3.81. The molecule has 0 aromatic carbocycles. The number of amides is 1. The molecule has 2 atom stereocenters. The molecule has 4 heteroatoms. The largest absolute Gasteiger partial charge is 0.340 e. The van der Waals surface area contributed by atoms with E-state index in [2.05, 4.69) is 18.7 Å². The Morgan fingerprint density at radius 1 is 1.44 bits per heavy atom. The second kappa shape index (κ2) is 4.57. The summed E-state index contributed by atoms with van der Waals surface area (Å²) < 4.78 is 0.217. The number of carbonyl (C=O) groups excluding carboxylic acids is 1. The molecule has 16 heavy (non-hydrogen) atoms. The minimum absolute atomic E-state index is 0.203. The molecule has 0 aromatic heterocycles. The smallest absolute Gasteiger partial charge is 0.225 e. The molecule has 2 unspecified atom stereocenters. The van der Waals surface area contributed by atoms with Gasteiger partial charge in [0.1, 0.15) is 0 Å². The summed E-state index contributed by atoms with van der Waals surface area (Å²) >= 11 is 1.97. The van der Waals surface area contributed by atoms with Crippen molar-refractivity contribution in [1.29, 1.82) is 0 Å². The van der Waals surface area contributed by atoms with Crippen LogP contribution in [0, 0.1) is 5.92 Å². The number of carbonyl (C=O) groups is 1. The number of hydrogen-bond donors (Lipinski definition) is 1. The summed E-state index contributed by atoms with van der Waals surface area (Å²) in [5, 5.41) is 0. The molecule has 2 N–H and O–H groups in total. The first-order valence-corrected chi connectivity index (χ1v) is 7.15. The number of hydrogen-bond acceptors (Lipinski definition) is 3. The summed E-state index contributed by atoms with van der Waals surface area (Å²) in [4.78, 5) is 14.3. The zero-order valence-corrected chi connectivity index (χ0v) is 11.1. The van der Waals surface area contributed by atoms with Gasteiger partial charge in [-0.25, -0.2) is 0 Å². The maximum Gasteiger partial charge on any atom is 0.225 e. The Kier molecular flexibility index (Phi) is 3.50. The van der Waals surface area contributed by atoms with Gasteiger partial charge < -0.3 is 10.6 Å². The van der Waals surface area contributed by atoms with Gasteiger partial charge in [-0.15, -0.1) is 0 Å². The van der Waals surface area contributed by atoms with Gasteiger partial charge in [-0.2, -0.15) is 11.8 Å². The average molecular weight is 242 g/mol. The van der Waals surface area contributed by atoms with E-state index in [0.717, 1.165) is 38.1 Å². The maximum absolute atomic E-state index is 12.3. The van der Waals surface area contributed by atoms with Crippen LogP contribution in [0.3, 0.4) is 0 Å². The van der Waals surface area contributed by atoms with E-state index in [-0.39, 0.29) is 16.7 Å². The molecule has 3 nitrogen and oxygen atoms in total. The first-order chi connectivity index (χ1) is 7.48. The van der Waals surface area contributed by atoms with E-state index >= 15 is 0 Å². The van der Waals surface area contributed by atoms with Crippen molar-refractivity contribution >= 4 is 17.7 Å². The molecule has 2 fully saturated rings. The summed E-state index contributed by atoms with van der Waals surface area (Å²) in [5.41, 5.74) is 5.87. The highest BCUT2D eigenvalue weighted by Crippen LogP contribution is 2.32. The lowest BCUT2D eigenvalue weighted by Crippen LogP contribution is -2.48. The Morgan fingerprint density at radius 2 is 2.19 bits per heavy atom. The van der Waals surface area contributed by atoms with Crippen LogP contribution in [0.5, 0.6) is 0 Å². The second-order valence-corrected chi connectivity index (χ2v) is 7.44. The van der Waals surface area contributed by atoms with Crippen LogP contribution in [0.25, 0.3) is 0 Å². The van der Waals surface area contributed by atoms with Crippen LogP contribution in [-0.4, -0.2) is 40.4 Å². The first-order valence-electron chi connectivity index (χ1n) is 6.16. The van der Waals surface area contributed by atoms with Gasteiger partial charge in [0.05, 0.1) is 0 Å². The molecule has 0 radical (unpaired) electrons. The minimum Gasteiger partial charge on any atom is -0.340 e. The lowest BCUT2D eigenvalue weighted by molar-refractivity contribution is -0.135. The fourth-order valence-electron chi connectivity index (χ4n) is 2.70. The van der Waals surface area contributed by atoms with Gasteiger partial charge in [0.25, 0.3) is 0 Å². The third-order valence-electron chi connectivity index (χ3n) is 3.56. The lowest BCUT2D eigenvalue weighted by atomic mass is 10.0. The van der Waals surface area contributed by atoms with Crippen LogP contribution in [0.15, 0.2) is 0 Å². The van der Waals surface area contributed by atoms with E-state index in [1.54, 1.807) is 0 Å². The van der Waals surface area contributed by atoms with E-state index in [4.69, 9.17) is 5.73 Å². The standard InChI is InChI=1S/C12H22N2OS/c1-12(2)8-14(5-6-16-12)11(15)9-3-4-10(13)7-9/h9-10H,3-8,13H2,1-2H3. The van der Waals surface area contributed by atoms with E-state index in [1.807, 2.05) is 11.8 Å². The molecular weight excluding hydrogens is 220 g/mol. The highest BCUT2D eigenvalue weighted by Gasteiger charge is 2.35. The van der Waals surface area contributed by atoms with E-state index in [9.17, 15) is 4.79 Å². The SMILES string of the molecule is CC1(C)CN(C(=O)C2CCC(N)C2)CCS1. The molecule has 2 aliphatic rings. The third-order valence-corrected chi connectivity index (χ3v) is 4.86. The highest BCUT2D eigenvalue weighted by molar-refractivity contribution is 8.00. The molecule has 92 valence electrons. The maximum atomic E-state index is 12.3. The molecule has 1 amide bonds. The summed E-state index contributed by atoms with van der Waals surface area (Å²) in [6.45, 7) is 6.25. The number of nitrogens with two attached hydrogens (primary N) is 1. The van der Waals surface area contributed by atoms with Crippen LogP contribution in [0.2, 0.25) is 0 Å². The summed E-state index contributed by atoms with van der Waals surface area (Å²) in [7, 11) is 0. The molecule has 0 aromatic rings. The molecule has 0 spiro atoms. The van der Waals surface area contributed by atoms with Gasteiger partial charge in [-0.05, 0) is 33.1 Å². The van der Waals surface area contributed by atoms with Crippen molar-refractivity contribution in [3.8, 4) is 0 Å². The predicted molar refractivity (Wildman–Crippen MR) is 68.4 cm³/mol. The molecule has 1 heterocycles. The fraction of sp³-hybridized carbons (Fsp3) is 0.917. The van der Waals surface area contributed by atoms with Crippen LogP contribution >= 0.6 is 11.8 Å². The Labute approximate surface area is 102 Å². The number of rotatable bonds is 1. The topological polar surface area (TPSA) is 46.3 Å². The van der Waals surface area contributed by atoms with Crippen LogP contribution in [0.1, 0.15) is 33.1 Å². The Hall–Kier alpha value is -0.220. The number of nitrogens with zero attached hydrogens (tertiary/aromatic N) is 1. The Balaban J connectivity index is 1.94. The molecule has 1 saturated carbocycles. The van der Waals surface area contributed by atoms with Crippen molar-refractivity contribution in [3.05, 3.63) is 0 Å². The van der Waals surface area contributed by atoms with Crippen LogP contribution in [-0.2, 0) is 4.79 Å². The molecular formula is C12H22N2OS. The van der Waals surface area contributed by atoms with Gasteiger partial charge in [0, 0.05) is 35.5 Å². The predicted octanol–water partition coefficient (Wildman–Crippen LogP) is 1.47. The monoisotopic (exact) mass is 242 g/mol. The third kappa shape index (κ3) is 2.72. The first kappa shape index (κ1) is 12.2. The van der Waals surface area contributed by atoms with Crippen molar-refractivity contribution in [3.63, 3.8) is 0 Å². The lowest BCUT2D eigenvalue weighted by Gasteiger charge is -2.38. The van der Waals surface area contributed by atoms with E-state index in [1.165, 1.54) is 0 Å². The quantitative estimate of drug-likeness (QED) is 0.757. The van der Waals surface area contributed by atoms with E-state index in [0.29, 0.717) is 5.91 Å². The summed E-state index contributed by atoms with van der Waals surface area (Å²) in [6.07, 6.45) is 2.90. The average Bonchev–Trinajstić information content (AvgIpc) is 2.62. The molecule has 2 rings (SSSR count). The van der Waals surface area contributed by atoms with Crippen molar-refractivity contribution in [2.24, 2.45) is 11.7 Å². The van der Waals surface area contributed by atoms with Crippen LogP contribution in [0.4, 0.5) is 0 Å². The minimum atomic E-state index is 0.203. The Morgan fingerprint density at radius 3 is 2.75 bits per heavy atom. The van der Waals surface area contributed by atoms with Crippen molar-refractivity contribution in [1.82, 2.24) is 4.90 Å². The Bertz CT molecular complexity index is 280. The zero-order valence-electron chi connectivity index (χ0n) is 10.2. The van der Waals surface area contributed by atoms with Crippen molar-refractivity contribution in [2.75, 3.05) is 18.8 Å². The molecule has 0 bridgehead atoms. The molecule has 1 aliphatic carbocycles. The molecule has 1 aliphatic heterocycles. The normalized spacial score (nSPS) is 34.1. The highest BCUT2D eigenvalue weighted by atomic mass is 32.2. The van der Waals surface area contributed by atoms with Gasteiger partial charge in [-0.1, -0.05) is 0 Å². The summed E-state index contributed by atoms with van der Waals surface area (Å²) in [5.74, 6) is 1.62.